The second-order valence-corrected chi connectivity index (χ2v) is 9.54. The molecule has 1 aliphatic rings. The van der Waals surface area contributed by atoms with Crippen LogP contribution >= 0.6 is 0 Å². The predicted octanol–water partition coefficient (Wildman–Crippen LogP) is 6.69. The van der Waals surface area contributed by atoms with Gasteiger partial charge in [-0.1, -0.05) is 56.2 Å². The molecule has 5 nitrogen and oxygen atoms in total. The zero-order valence-electron chi connectivity index (χ0n) is 20.1. The van der Waals surface area contributed by atoms with E-state index in [9.17, 15) is 19.1 Å². The fourth-order valence-corrected chi connectivity index (χ4v) is 5.29. The highest BCUT2D eigenvalue weighted by molar-refractivity contribution is 5.97. The minimum atomic E-state index is -0.842. The summed E-state index contributed by atoms with van der Waals surface area (Å²) in [7, 11) is 0. The summed E-state index contributed by atoms with van der Waals surface area (Å²) in [5, 5.41) is 12.3. The van der Waals surface area contributed by atoms with Crippen molar-refractivity contribution in [1.29, 1.82) is 0 Å². The van der Waals surface area contributed by atoms with E-state index >= 15 is 0 Å². The van der Waals surface area contributed by atoms with Gasteiger partial charge in [0.25, 0.3) is 0 Å². The molecule has 2 N–H and O–H groups in total. The number of benzene rings is 2. The van der Waals surface area contributed by atoms with Crippen LogP contribution in [0.3, 0.4) is 0 Å². The molecule has 35 heavy (non-hydrogen) atoms. The molecule has 0 unspecified atom stereocenters. The maximum Gasteiger partial charge on any atom is 0.303 e. The number of halogens is 1. The molecule has 0 aliphatic heterocycles. The summed E-state index contributed by atoms with van der Waals surface area (Å²) in [6, 6.07) is 14.9. The van der Waals surface area contributed by atoms with Crippen LogP contribution in [0.1, 0.15) is 67.6 Å². The molecule has 1 saturated carbocycles. The average Bonchev–Trinajstić information content (AvgIpc) is 3.35. The van der Waals surface area contributed by atoms with Crippen molar-refractivity contribution in [1.82, 2.24) is 4.98 Å². The van der Waals surface area contributed by atoms with Gasteiger partial charge in [0.05, 0.1) is 18.5 Å². The number of nitrogens with zero attached hydrogens (tertiary/aromatic N) is 1. The molecule has 0 radical (unpaired) electrons. The summed E-state index contributed by atoms with van der Waals surface area (Å²) >= 11 is 0. The summed E-state index contributed by atoms with van der Waals surface area (Å²) in [5.41, 5.74) is 5.03. The minimum Gasteiger partial charge on any atom is -0.481 e. The van der Waals surface area contributed by atoms with E-state index in [0.29, 0.717) is 5.56 Å². The van der Waals surface area contributed by atoms with E-state index in [4.69, 9.17) is 0 Å². The highest BCUT2D eigenvalue weighted by Gasteiger charge is 2.32. The van der Waals surface area contributed by atoms with Crippen LogP contribution < -0.4 is 5.32 Å². The smallest absolute Gasteiger partial charge is 0.303 e. The number of aliphatic carboxylic acids is 1. The third kappa shape index (κ3) is 5.76. The van der Waals surface area contributed by atoms with Gasteiger partial charge in [-0.05, 0) is 66.0 Å². The van der Waals surface area contributed by atoms with Crippen LogP contribution in [-0.4, -0.2) is 22.0 Å². The Kier molecular flexibility index (Phi) is 7.59. The number of carboxylic acid groups (broad SMARTS) is 1. The molecule has 1 aliphatic carbocycles. The number of anilines is 1. The highest BCUT2D eigenvalue weighted by Crippen LogP contribution is 2.39. The van der Waals surface area contributed by atoms with E-state index in [1.54, 1.807) is 6.20 Å². The number of hydrogen-bond donors (Lipinski definition) is 2. The topological polar surface area (TPSA) is 79.3 Å². The van der Waals surface area contributed by atoms with Crippen molar-refractivity contribution < 1.29 is 19.1 Å². The number of carbonyl (C=O) groups is 2. The molecular formula is C29H31FN2O3. The van der Waals surface area contributed by atoms with Crippen LogP contribution in [0.4, 0.5) is 10.1 Å². The average molecular weight is 475 g/mol. The van der Waals surface area contributed by atoms with Crippen LogP contribution in [-0.2, 0) is 9.59 Å². The summed E-state index contributed by atoms with van der Waals surface area (Å²) in [5.74, 6) is -1.47. The molecule has 1 amide bonds. The van der Waals surface area contributed by atoms with Crippen molar-refractivity contribution in [2.75, 3.05) is 5.32 Å². The summed E-state index contributed by atoms with van der Waals surface area (Å²) < 4.78 is 13.6. The SMILES string of the molecule is Cc1c(NC(=O)[C@@H](c2ccc(-c3cncc(F)c3)cc2)C2CCCC2)cccc1[C@H](C)CC(=O)O. The first-order valence-electron chi connectivity index (χ1n) is 12.2. The molecule has 0 spiro atoms. The molecule has 1 fully saturated rings. The molecule has 1 heterocycles. The van der Waals surface area contributed by atoms with Crippen LogP contribution in [0.15, 0.2) is 60.9 Å². The van der Waals surface area contributed by atoms with Gasteiger partial charge >= 0.3 is 5.97 Å². The third-order valence-electron chi connectivity index (χ3n) is 7.11. The van der Waals surface area contributed by atoms with E-state index in [0.717, 1.165) is 53.6 Å². The van der Waals surface area contributed by atoms with Gasteiger partial charge in [0.1, 0.15) is 5.82 Å². The van der Waals surface area contributed by atoms with E-state index in [2.05, 4.69) is 10.3 Å². The zero-order chi connectivity index (χ0) is 24.9. The van der Waals surface area contributed by atoms with E-state index in [1.165, 1.54) is 12.3 Å². The number of hydrogen-bond acceptors (Lipinski definition) is 3. The number of nitrogens with one attached hydrogen (secondary N) is 1. The van der Waals surface area contributed by atoms with Gasteiger partial charge in [-0.2, -0.15) is 0 Å². The minimum absolute atomic E-state index is 0.0378. The van der Waals surface area contributed by atoms with Crippen molar-refractivity contribution in [2.45, 2.75) is 57.8 Å². The molecule has 4 rings (SSSR count). The first-order valence-corrected chi connectivity index (χ1v) is 12.2. The van der Waals surface area contributed by atoms with Crippen molar-refractivity contribution in [3.63, 3.8) is 0 Å². The zero-order valence-corrected chi connectivity index (χ0v) is 20.1. The number of aromatic nitrogens is 1. The van der Waals surface area contributed by atoms with Gasteiger partial charge in [-0.3, -0.25) is 14.6 Å². The first-order chi connectivity index (χ1) is 16.8. The van der Waals surface area contributed by atoms with Gasteiger partial charge in [0.15, 0.2) is 0 Å². The van der Waals surface area contributed by atoms with Gasteiger partial charge in [-0.15, -0.1) is 0 Å². The Bertz CT molecular complexity index is 1200. The number of pyridine rings is 1. The molecule has 1 aromatic heterocycles. The third-order valence-corrected chi connectivity index (χ3v) is 7.11. The normalized spacial score (nSPS) is 15.5. The fourth-order valence-electron chi connectivity index (χ4n) is 5.29. The molecule has 0 bridgehead atoms. The largest absolute Gasteiger partial charge is 0.481 e. The lowest BCUT2D eigenvalue weighted by molar-refractivity contribution is -0.137. The number of carboxylic acids is 1. The summed E-state index contributed by atoms with van der Waals surface area (Å²) in [6.07, 6.45) is 7.07. The summed E-state index contributed by atoms with van der Waals surface area (Å²) in [4.78, 5) is 28.8. The number of rotatable bonds is 8. The number of carbonyl (C=O) groups excluding carboxylic acids is 1. The second-order valence-electron chi connectivity index (χ2n) is 9.54. The Morgan fingerprint density at radius 1 is 1.09 bits per heavy atom. The van der Waals surface area contributed by atoms with Gasteiger partial charge < -0.3 is 10.4 Å². The lowest BCUT2D eigenvalue weighted by atomic mass is 9.83. The van der Waals surface area contributed by atoms with Gasteiger partial charge in [-0.25, -0.2) is 4.39 Å². The Hall–Kier alpha value is -3.54. The maximum absolute atomic E-state index is 13.6. The lowest BCUT2D eigenvalue weighted by Crippen LogP contribution is -2.27. The monoisotopic (exact) mass is 474 g/mol. The highest BCUT2D eigenvalue weighted by atomic mass is 19.1. The predicted molar refractivity (Wildman–Crippen MR) is 135 cm³/mol. The van der Waals surface area contributed by atoms with Gasteiger partial charge in [0.2, 0.25) is 5.91 Å². The van der Waals surface area contributed by atoms with Crippen molar-refractivity contribution >= 4 is 17.6 Å². The van der Waals surface area contributed by atoms with Crippen LogP contribution in [0.25, 0.3) is 11.1 Å². The lowest BCUT2D eigenvalue weighted by Gasteiger charge is -2.25. The molecule has 2 aromatic carbocycles. The van der Waals surface area contributed by atoms with E-state index in [-0.39, 0.29) is 35.9 Å². The van der Waals surface area contributed by atoms with E-state index in [1.807, 2.05) is 56.3 Å². The second kappa shape index (κ2) is 10.8. The number of amides is 1. The molecule has 2 atom stereocenters. The van der Waals surface area contributed by atoms with Crippen LogP contribution in [0.2, 0.25) is 0 Å². The van der Waals surface area contributed by atoms with E-state index < -0.39 is 5.97 Å². The Morgan fingerprint density at radius 2 is 1.80 bits per heavy atom. The molecule has 6 heteroatoms. The quantitative estimate of drug-likeness (QED) is 0.381. The Morgan fingerprint density at radius 3 is 2.46 bits per heavy atom. The van der Waals surface area contributed by atoms with Crippen molar-refractivity contribution in [3.05, 3.63) is 83.4 Å². The summed E-state index contributed by atoms with van der Waals surface area (Å²) in [6.45, 7) is 3.81. The maximum atomic E-state index is 13.6. The Balaban J connectivity index is 1.60. The molecule has 0 saturated heterocycles. The standard InChI is InChI=1S/C29H31FN2O3/c1-18(14-27(33)34)25-8-5-9-26(19(25)2)32-29(35)28(21-6-3-4-7-21)22-12-10-20(11-13-22)23-15-24(30)17-31-16-23/h5,8-13,15-18,21,28H,3-4,6-7,14H2,1-2H3,(H,32,35)(H,33,34)/t18-,28-/m1/s1. The van der Waals surface area contributed by atoms with Gasteiger partial charge in [0, 0.05) is 17.4 Å². The van der Waals surface area contributed by atoms with Crippen molar-refractivity contribution in [2.24, 2.45) is 5.92 Å². The Labute approximate surface area is 205 Å². The molecule has 182 valence electrons. The molecular weight excluding hydrogens is 443 g/mol. The first kappa shape index (κ1) is 24.6. The van der Waals surface area contributed by atoms with Crippen LogP contribution in [0.5, 0.6) is 0 Å². The molecule has 3 aromatic rings. The fraction of sp³-hybridized carbons (Fsp3) is 0.345. The van der Waals surface area contributed by atoms with Crippen molar-refractivity contribution in [3.8, 4) is 11.1 Å². The van der Waals surface area contributed by atoms with Crippen LogP contribution in [0, 0.1) is 18.7 Å².